The van der Waals surface area contributed by atoms with E-state index in [0.717, 1.165) is 0 Å². The van der Waals surface area contributed by atoms with Gasteiger partial charge in [-0.05, 0) is 23.8 Å². The van der Waals surface area contributed by atoms with Crippen molar-refractivity contribution in [2.75, 3.05) is 7.11 Å². The molecule has 5 heteroatoms. The standard InChI is InChI=1S/C9H9BrFNO2/c1-14-9(13)8(12)6-4-5(11)2-3-7(6)10/h2-4,8H,12H2,1H3/t8-/m0/s1. The molecule has 14 heavy (non-hydrogen) atoms. The minimum Gasteiger partial charge on any atom is -0.468 e. The number of benzene rings is 1. The van der Waals surface area contributed by atoms with Crippen LogP contribution < -0.4 is 5.73 Å². The van der Waals surface area contributed by atoms with Crippen molar-refractivity contribution in [2.45, 2.75) is 6.04 Å². The lowest BCUT2D eigenvalue weighted by Gasteiger charge is -2.11. The zero-order valence-corrected chi connectivity index (χ0v) is 9.05. The van der Waals surface area contributed by atoms with Crippen LogP contribution in [0.5, 0.6) is 0 Å². The van der Waals surface area contributed by atoms with E-state index in [9.17, 15) is 9.18 Å². The molecule has 0 aliphatic carbocycles. The summed E-state index contributed by atoms with van der Waals surface area (Å²) in [6.07, 6.45) is 0. The van der Waals surface area contributed by atoms with Gasteiger partial charge in [-0.3, -0.25) is 4.79 Å². The van der Waals surface area contributed by atoms with Crippen LogP contribution in [0.4, 0.5) is 4.39 Å². The summed E-state index contributed by atoms with van der Waals surface area (Å²) < 4.78 is 17.9. The molecule has 1 rings (SSSR count). The molecule has 0 bridgehead atoms. The fourth-order valence-electron chi connectivity index (χ4n) is 1.01. The highest BCUT2D eigenvalue weighted by atomic mass is 79.9. The predicted molar refractivity (Wildman–Crippen MR) is 53.0 cm³/mol. The van der Waals surface area contributed by atoms with Crippen molar-refractivity contribution in [3.63, 3.8) is 0 Å². The number of nitrogens with two attached hydrogens (primary N) is 1. The molecular weight excluding hydrogens is 253 g/mol. The number of esters is 1. The van der Waals surface area contributed by atoms with Crippen molar-refractivity contribution in [2.24, 2.45) is 5.73 Å². The molecule has 1 aromatic carbocycles. The van der Waals surface area contributed by atoms with Gasteiger partial charge >= 0.3 is 5.97 Å². The van der Waals surface area contributed by atoms with E-state index >= 15 is 0 Å². The first-order valence-electron chi connectivity index (χ1n) is 3.84. The van der Waals surface area contributed by atoms with Crippen molar-refractivity contribution in [1.29, 1.82) is 0 Å². The van der Waals surface area contributed by atoms with Gasteiger partial charge in [0.25, 0.3) is 0 Å². The van der Waals surface area contributed by atoms with Crippen LogP contribution in [0.15, 0.2) is 22.7 Å². The van der Waals surface area contributed by atoms with Crippen LogP contribution in [0, 0.1) is 5.82 Å². The summed E-state index contributed by atoms with van der Waals surface area (Å²) in [7, 11) is 1.23. The second-order valence-corrected chi connectivity index (χ2v) is 3.52. The maximum absolute atomic E-state index is 12.8. The number of hydrogen-bond acceptors (Lipinski definition) is 3. The second kappa shape index (κ2) is 4.52. The molecule has 0 saturated heterocycles. The summed E-state index contributed by atoms with van der Waals surface area (Å²) >= 11 is 3.17. The normalized spacial score (nSPS) is 12.3. The number of methoxy groups -OCH3 is 1. The van der Waals surface area contributed by atoms with Gasteiger partial charge in [0.1, 0.15) is 11.9 Å². The van der Waals surface area contributed by atoms with Gasteiger partial charge in [-0.15, -0.1) is 0 Å². The Kier molecular flexibility index (Phi) is 3.60. The summed E-state index contributed by atoms with van der Waals surface area (Å²) in [5.74, 6) is -1.04. The molecule has 0 fully saturated rings. The van der Waals surface area contributed by atoms with E-state index < -0.39 is 17.8 Å². The summed E-state index contributed by atoms with van der Waals surface area (Å²) in [5.41, 5.74) is 5.92. The molecule has 0 spiro atoms. The third kappa shape index (κ3) is 2.30. The van der Waals surface area contributed by atoms with E-state index in [1.807, 2.05) is 0 Å². The van der Waals surface area contributed by atoms with Crippen LogP contribution >= 0.6 is 15.9 Å². The lowest BCUT2D eigenvalue weighted by atomic mass is 10.1. The molecule has 1 atom stereocenters. The molecule has 0 aliphatic rings. The topological polar surface area (TPSA) is 52.3 Å². The average molecular weight is 262 g/mol. The molecule has 0 unspecified atom stereocenters. The van der Waals surface area contributed by atoms with Gasteiger partial charge in [0.15, 0.2) is 0 Å². The van der Waals surface area contributed by atoms with Gasteiger partial charge < -0.3 is 10.5 Å². The molecule has 0 aliphatic heterocycles. The highest BCUT2D eigenvalue weighted by Gasteiger charge is 2.19. The lowest BCUT2D eigenvalue weighted by molar-refractivity contribution is -0.142. The Bertz CT molecular complexity index is 357. The van der Waals surface area contributed by atoms with E-state index in [4.69, 9.17) is 5.73 Å². The second-order valence-electron chi connectivity index (χ2n) is 2.67. The van der Waals surface area contributed by atoms with Gasteiger partial charge in [-0.1, -0.05) is 15.9 Å². The fraction of sp³-hybridized carbons (Fsp3) is 0.222. The van der Waals surface area contributed by atoms with Crippen LogP contribution in [0.1, 0.15) is 11.6 Å². The van der Waals surface area contributed by atoms with Crippen molar-refractivity contribution in [3.05, 3.63) is 34.1 Å². The highest BCUT2D eigenvalue weighted by Crippen LogP contribution is 2.23. The van der Waals surface area contributed by atoms with Gasteiger partial charge in [-0.25, -0.2) is 4.39 Å². The Morgan fingerprint density at radius 3 is 2.86 bits per heavy atom. The third-order valence-electron chi connectivity index (χ3n) is 1.75. The molecule has 3 nitrogen and oxygen atoms in total. The summed E-state index contributed by atoms with van der Waals surface area (Å²) in [6, 6.07) is 3.00. The molecule has 2 N–H and O–H groups in total. The summed E-state index contributed by atoms with van der Waals surface area (Å²) in [5, 5.41) is 0. The van der Waals surface area contributed by atoms with E-state index in [-0.39, 0.29) is 0 Å². The molecule has 0 heterocycles. The largest absolute Gasteiger partial charge is 0.468 e. The zero-order valence-electron chi connectivity index (χ0n) is 7.46. The Morgan fingerprint density at radius 2 is 2.29 bits per heavy atom. The summed E-state index contributed by atoms with van der Waals surface area (Å²) in [6.45, 7) is 0. The minimum atomic E-state index is -0.968. The molecule has 76 valence electrons. The molecule has 0 aromatic heterocycles. The number of ether oxygens (including phenoxy) is 1. The highest BCUT2D eigenvalue weighted by molar-refractivity contribution is 9.10. The van der Waals surface area contributed by atoms with Crippen molar-refractivity contribution >= 4 is 21.9 Å². The van der Waals surface area contributed by atoms with E-state index in [0.29, 0.717) is 10.0 Å². The zero-order chi connectivity index (χ0) is 10.7. The molecule has 0 radical (unpaired) electrons. The van der Waals surface area contributed by atoms with Gasteiger partial charge in [-0.2, -0.15) is 0 Å². The maximum atomic E-state index is 12.8. The van der Waals surface area contributed by atoms with Gasteiger partial charge in [0, 0.05) is 4.47 Å². The molecular formula is C9H9BrFNO2. The van der Waals surface area contributed by atoms with Crippen molar-refractivity contribution in [1.82, 2.24) is 0 Å². The van der Waals surface area contributed by atoms with Crippen LogP contribution in [0.2, 0.25) is 0 Å². The van der Waals surface area contributed by atoms with Crippen molar-refractivity contribution in [3.8, 4) is 0 Å². The number of hydrogen-bond donors (Lipinski definition) is 1. The van der Waals surface area contributed by atoms with Crippen LogP contribution in [-0.2, 0) is 9.53 Å². The van der Waals surface area contributed by atoms with E-state index in [1.165, 1.54) is 25.3 Å². The predicted octanol–water partition coefficient (Wildman–Crippen LogP) is 1.76. The van der Waals surface area contributed by atoms with E-state index in [2.05, 4.69) is 20.7 Å². The number of rotatable bonds is 2. The molecule has 0 saturated carbocycles. The minimum absolute atomic E-state index is 0.372. The first-order valence-corrected chi connectivity index (χ1v) is 4.64. The Balaban J connectivity index is 3.05. The Hall–Kier alpha value is -0.940. The van der Waals surface area contributed by atoms with Crippen LogP contribution in [-0.4, -0.2) is 13.1 Å². The maximum Gasteiger partial charge on any atom is 0.327 e. The Morgan fingerprint density at radius 1 is 1.64 bits per heavy atom. The lowest BCUT2D eigenvalue weighted by Crippen LogP contribution is -2.23. The monoisotopic (exact) mass is 261 g/mol. The Labute approximate surface area is 89.2 Å². The van der Waals surface area contributed by atoms with Crippen LogP contribution in [0.25, 0.3) is 0 Å². The first-order chi connectivity index (χ1) is 6.56. The third-order valence-corrected chi connectivity index (χ3v) is 2.47. The fourth-order valence-corrected chi connectivity index (χ4v) is 1.50. The SMILES string of the molecule is COC(=O)[C@@H](N)c1cc(F)ccc1Br. The molecule has 0 amide bonds. The number of carbonyl (C=O) groups excluding carboxylic acids is 1. The number of halogens is 2. The van der Waals surface area contributed by atoms with Crippen LogP contribution in [0.3, 0.4) is 0 Å². The number of carbonyl (C=O) groups is 1. The first kappa shape index (κ1) is 11.1. The summed E-state index contributed by atoms with van der Waals surface area (Å²) in [4.78, 5) is 11.1. The quantitative estimate of drug-likeness (QED) is 0.826. The van der Waals surface area contributed by atoms with Gasteiger partial charge in [0.2, 0.25) is 0 Å². The van der Waals surface area contributed by atoms with Crippen molar-refractivity contribution < 1.29 is 13.9 Å². The smallest absolute Gasteiger partial charge is 0.327 e. The van der Waals surface area contributed by atoms with Gasteiger partial charge in [0.05, 0.1) is 7.11 Å². The van der Waals surface area contributed by atoms with E-state index in [1.54, 1.807) is 0 Å². The molecule has 1 aromatic rings. The average Bonchev–Trinajstić information content (AvgIpc) is 2.19.